The Kier molecular flexibility index (Phi) is 4.48. The predicted molar refractivity (Wildman–Crippen MR) is 75.1 cm³/mol. The summed E-state index contributed by atoms with van der Waals surface area (Å²) in [5, 5.41) is 0.159. The average molecular weight is 290 g/mol. The Morgan fingerprint density at radius 2 is 1.80 bits per heavy atom. The van der Waals surface area contributed by atoms with Gasteiger partial charge >= 0.3 is 5.97 Å². The number of carbonyl (C=O) groups is 2. The first-order chi connectivity index (χ1) is 9.63. The topological polar surface area (TPSA) is 56.3 Å². The molecule has 0 saturated carbocycles. The summed E-state index contributed by atoms with van der Waals surface area (Å²) in [7, 11) is 0. The maximum Gasteiger partial charge on any atom is 0.338 e. The summed E-state index contributed by atoms with van der Waals surface area (Å²) < 4.78 is 4.88. The predicted octanol–water partition coefficient (Wildman–Crippen LogP) is 3.14. The minimum absolute atomic E-state index is 0.159. The first-order valence-corrected chi connectivity index (χ1v) is 6.43. The summed E-state index contributed by atoms with van der Waals surface area (Å²) in [5.74, 6) is -0.649. The van der Waals surface area contributed by atoms with E-state index < -0.39 is 5.97 Å². The monoisotopic (exact) mass is 289 g/mol. The van der Waals surface area contributed by atoms with Crippen LogP contribution in [0.5, 0.6) is 0 Å². The molecule has 0 N–H and O–H groups in total. The number of esters is 1. The van der Waals surface area contributed by atoms with Crippen LogP contribution in [0.4, 0.5) is 0 Å². The van der Waals surface area contributed by atoms with E-state index in [1.807, 2.05) is 0 Å². The third kappa shape index (κ3) is 3.03. The molecule has 0 fully saturated rings. The molecule has 0 aliphatic rings. The number of carbonyl (C=O) groups excluding carboxylic acids is 2. The van der Waals surface area contributed by atoms with E-state index in [0.717, 1.165) is 0 Å². The fraction of sp³-hybridized carbons (Fsp3) is 0.133. The smallest absolute Gasteiger partial charge is 0.338 e. The molecule has 0 saturated heterocycles. The van der Waals surface area contributed by atoms with Crippen molar-refractivity contribution in [3.8, 4) is 0 Å². The minimum Gasteiger partial charge on any atom is -0.462 e. The van der Waals surface area contributed by atoms with Gasteiger partial charge in [-0.3, -0.25) is 4.79 Å². The molecule has 0 bridgehead atoms. The molecule has 4 nitrogen and oxygen atoms in total. The van der Waals surface area contributed by atoms with Crippen molar-refractivity contribution in [3.05, 3.63) is 64.4 Å². The third-order valence-corrected chi connectivity index (χ3v) is 2.96. The molecule has 20 heavy (non-hydrogen) atoms. The molecule has 0 atom stereocenters. The van der Waals surface area contributed by atoms with Crippen LogP contribution in [0.25, 0.3) is 0 Å². The fourth-order valence-corrected chi connectivity index (χ4v) is 1.89. The van der Waals surface area contributed by atoms with E-state index in [-0.39, 0.29) is 10.9 Å². The van der Waals surface area contributed by atoms with Crippen LogP contribution in [0.3, 0.4) is 0 Å². The lowest BCUT2D eigenvalue weighted by Crippen LogP contribution is -2.06. The van der Waals surface area contributed by atoms with Crippen LogP contribution in [-0.4, -0.2) is 23.3 Å². The Hall–Kier alpha value is -2.20. The van der Waals surface area contributed by atoms with Gasteiger partial charge in [0.25, 0.3) is 0 Å². The summed E-state index contributed by atoms with van der Waals surface area (Å²) in [6.07, 6.45) is 1.52. The Morgan fingerprint density at radius 3 is 2.40 bits per heavy atom. The molecule has 0 aliphatic heterocycles. The molecular formula is C15H12ClNO3. The SMILES string of the molecule is CCOC(=O)c1ccc(C(=O)c2cccnc2Cl)cc1. The molecule has 1 aromatic carbocycles. The molecule has 1 heterocycles. The van der Waals surface area contributed by atoms with Crippen molar-refractivity contribution >= 4 is 23.4 Å². The van der Waals surface area contributed by atoms with E-state index in [9.17, 15) is 9.59 Å². The first-order valence-electron chi connectivity index (χ1n) is 6.06. The molecular weight excluding hydrogens is 278 g/mol. The summed E-state index contributed by atoms with van der Waals surface area (Å²) in [6, 6.07) is 9.49. The summed E-state index contributed by atoms with van der Waals surface area (Å²) in [4.78, 5) is 27.6. The molecule has 0 radical (unpaired) electrons. The first kappa shape index (κ1) is 14.2. The number of halogens is 1. The Morgan fingerprint density at radius 1 is 1.15 bits per heavy atom. The molecule has 2 rings (SSSR count). The van der Waals surface area contributed by atoms with Gasteiger partial charge in [0, 0.05) is 11.8 Å². The van der Waals surface area contributed by atoms with Gasteiger partial charge < -0.3 is 4.74 Å². The standard InChI is InChI=1S/C15H12ClNO3/c1-2-20-15(19)11-7-5-10(6-8-11)13(18)12-4-3-9-17-14(12)16/h3-9H,2H2,1H3. The van der Waals surface area contributed by atoms with Gasteiger partial charge in [0.2, 0.25) is 0 Å². The zero-order valence-electron chi connectivity index (χ0n) is 10.8. The van der Waals surface area contributed by atoms with Gasteiger partial charge in [-0.2, -0.15) is 0 Å². The van der Waals surface area contributed by atoms with Crippen LogP contribution in [-0.2, 0) is 4.74 Å². The van der Waals surface area contributed by atoms with E-state index in [1.165, 1.54) is 6.20 Å². The van der Waals surface area contributed by atoms with Gasteiger partial charge in [-0.15, -0.1) is 0 Å². The van der Waals surface area contributed by atoms with Crippen LogP contribution in [0.1, 0.15) is 33.2 Å². The zero-order chi connectivity index (χ0) is 14.5. The van der Waals surface area contributed by atoms with Gasteiger partial charge in [0.1, 0.15) is 5.15 Å². The van der Waals surface area contributed by atoms with Crippen molar-refractivity contribution in [1.82, 2.24) is 4.98 Å². The number of benzene rings is 1. The van der Waals surface area contributed by atoms with Crippen molar-refractivity contribution in [3.63, 3.8) is 0 Å². The average Bonchev–Trinajstić information content (AvgIpc) is 2.47. The number of pyridine rings is 1. The Bertz CT molecular complexity index is 638. The van der Waals surface area contributed by atoms with Crippen molar-refractivity contribution in [2.24, 2.45) is 0 Å². The number of ketones is 1. The van der Waals surface area contributed by atoms with E-state index in [1.54, 1.807) is 43.3 Å². The summed E-state index contributed by atoms with van der Waals surface area (Å²) >= 11 is 5.89. The number of ether oxygens (including phenoxy) is 1. The quantitative estimate of drug-likeness (QED) is 0.493. The molecule has 2 aromatic rings. The number of hydrogen-bond acceptors (Lipinski definition) is 4. The lowest BCUT2D eigenvalue weighted by Gasteiger charge is -2.04. The van der Waals surface area contributed by atoms with Gasteiger partial charge in [-0.05, 0) is 31.2 Å². The van der Waals surface area contributed by atoms with E-state index in [4.69, 9.17) is 16.3 Å². The second-order valence-corrected chi connectivity index (χ2v) is 4.33. The fourth-order valence-electron chi connectivity index (χ4n) is 1.68. The largest absolute Gasteiger partial charge is 0.462 e. The molecule has 0 unspecified atom stereocenters. The Balaban J connectivity index is 2.24. The van der Waals surface area contributed by atoms with Crippen molar-refractivity contribution < 1.29 is 14.3 Å². The van der Waals surface area contributed by atoms with Crippen LogP contribution in [0.2, 0.25) is 5.15 Å². The molecule has 102 valence electrons. The highest BCUT2D eigenvalue weighted by Crippen LogP contribution is 2.17. The van der Waals surface area contributed by atoms with Crippen molar-refractivity contribution in [2.75, 3.05) is 6.61 Å². The summed E-state index contributed by atoms with van der Waals surface area (Å²) in [6.45, 7) is 2.05. The minimum atomic E-state index is -0.411. The lowest BCUT2D eigenvalue weighted by atomic mass is 10.0. The van der Waals surface area contributed by atoms with E-state index in [0.29, 0.717) is 23.3 Å². The van der Waals surface area contributed by atoms with E-state index >= 15 is 0 Å². The zero-order valence-corrected chi connectivity index (χ0v) is 11.6. The van der Waals surface area contributed by atoms with Gasteiger partial charge in [0.15, 0.2) is 5.78 Å². The Labute approximate surface area is 121 Å². The highest BCUT2D eigenvalue weighted by molar-refractivity contribution is 6.33. The van der Waals surface area contributed by atoms with Gasteiger partial charge in [-0.25, -0.2) is 9.78 Å². The normalized spacial score (nSPS) is 10.1. The number of rotatable bonds is 4. The van der Waals surface area contributed by atoms with Gasteiger partial charge in [-0.1, -0.05) is 23.7 Å². The maximum absolute atomic E-state index is 12.2. The van der Waals surface area contributed by atoms with Crippen LogP contribution in [0, 0.1) is 0 Å². The number of nitrogens with zero attached hydrogens (tertiary/aromatic N) is 1. The highest BCUT2D eigenvalue weighted by atomic mass is 35.5. The maximum atomic E-state index is 12.2. The molecule has 5 heteroatoms. The summed E-state index contributed by atoms with van der Waals surface area (Å²) in [5.41, 5.74) is 1.17. The second kappa shape index (κ2) is 6.30. The van der Waals surface area contributed by atoms with Crippen LogP contribution in [0.15, 0.2) is 42.6 Å². The van der Waals surface area contributed by atoms with Gasteiger partial charge in [0.05, 0.1) is 17.7 Å². The van der Waals surface area contributed by atoms with Crippen LogP contribution >= 0.6 is 11.6 Å². The third-order valence-electron chi connectivity index (χ3n) is 2.66. The lowest BCUT2D eigenvalue weighted by molar-refractivity contribution is 0.0526. The number of hydrogen-bond donors (Lipinski definition) is 0. The van der Waals surface area contributed by atoms with E-state index in [2.05, 4.69) is 4.98 Å². The number of aromatic nitrogens is 1. The molecule has 0 amide bonds. The molecule has 1 aromatic heterocycles. The second-order valence-electron chi connectivity index (χ2n) is 3.97. The highest BCUT2D eigenvalue weighted by Gasteiger charge is 2.14. The molecule has 0 spiro atoms. The van der Waals surface area contributed by atoms with Crippen molar-refractivity contribution in [2.45, 2.75) is 6.92 Å². The molecule has 0 aliphatic carbocycles. The van der Waals surface area contributed by atoms with Crippen molar-refractivity contribution in [1.29, 1.82) is 0 Å². The van der Waals surface area contributed by atoms with Crippen LogP contribution < -0.4 is 0 Å².